The van der Waals surface area contributed by atoms with E-state index in [1.165, 1.54) is 17.7 Å². The molecule has 3 aromatic rings. The maximum Gasteiger partial charge on any atom is 0.316 e. The summed E-state index contributed by atoms with van der Waals surface area (Å²) in [6, 6.07) is 16.5. The predicted octanol–water partition coefficient (Wildman–Crippen LogP) is 3.15. The molecule has 0 radical (unpaired) electrons. The molecule has 1 fully saturated rings. The average Bonchev–Trinajstić information content (AvgIpc) is 3.38. The number of anilines is 2. The monoisotopic (exact) mass is 447 g/mol. The summed E-state index contributed by atoms with van der Waals surface area (Å²) in [6.45, 7) is 5.78. The zero-order valence-corrected chi connectivity index (χ0v) is 18.7. The van der Waals surface area contributed by atoms with Crippen molar-refractivity contribution < 1.29 is 14.1 Å². The molecule has 1 N–H and O–H groups in total. The molecule has 0 atom stereocenters. The number of carbonyl (C=O) groups is 1. The van der Waals surface area contributed by atoms with Crippen molar-refractivity contribution in [3.63, 3.8) is 0 Å². The highest BCUT2D eigenvalue weighted by atomic mass is 16.5. The number of para-hydroxylation sites is 1. The lowest BCUT2D eigenvalue weighted by molar-refractivity contribution is 0.0909. The topological polar surface area (TPSA) is 83.7 Å². The van der Waals surface area contributed by atoms with Gasteiger partial charge in [0, 0.05) is 49.7 Å². The van der Waals surface area contributed by atoms with E-state index in [4.69, 9.17) is 9.26 Å². The van der Waals surface area contributed by atoms with E-state index in [-0.39, 0.29) is 11.8 Å². The zero-order chi connectivity index (χ0) is 22.5. The number of aromatic nitrogens is 2. The van der Waals surface area contributed by atoms with E-state index < -0.39 is 0 Å². The van der Waals surface area contributed by atoms with Crippen LogP contribution >= 0.6 is 0 Å². The van der Waals surface area contributed by atoms with Gasteiger partial charge in [-0.15, -0.1) is 0 Å². The highest BCUT2D eigenvalue weighted by Crippen LogP contribution is 2.26. The summed E-state index contributed by atoms with van der Waals surface area (Å²) in [6.07, 6.45) is 3.16. The minimum absolute atomic E-state index is 0.00873. The first kappa shape index (κ1) is 21.5. The first-order valence-electron chi connectivity index (χ1n) is 11.7. The van der Waals surface area contributed by atoms with E-state index in [2.05, 4.69) is 49.5 Å². The number of carbonyl (C=O) groups excluding carboxylic acids is 1. The normalized spacial score (nSPS) is 15.9. The SMILES string of the molecule is O=C(NCCCN1CCCc2ccccc21)c1nc(-c2ccc(N3CCOCC3)cc2)no1. The average molecular weight is 448 g/mol. The molecule has 3 heterocycles. The van der Waals surface area contributed by atoms with Crippen LogP contribution in [0.2, 0.25) is 0 Å². The minimum atomic E-state index is -0.335. The van der Waals surface area contributed by atoms with Gasteiger partial charge in [-0.3, -0.25) is 4.79 Å². The van der Waals surface area contributed by atoms with E-state index in [0.717, 1.165) is 63.5 Å². The number of nitrogens with one attached hydrogen (secondary N) is 1. The summed E-state index contributed by atoms with van der Waals surface area (Å²) in [5.41, 5.74) is 4.68. The molecule has 2 aliphatic heterocycles. The van der Waals surface area contributed by atoms with Gasteiger partial charge in [-0.2, -0.15) is 4.98 Å². The number of nitrogens with zero attached hydrogens (tertiary/aromatic N) is 4. The van der Waals surface area contributed by atoms with Gasteiger partial charge in [0.2, 0.25) is 5.82 Å². The van der Waals surface area contributed by atoms with E-state index in [9.17, 15) is 4.79 Å². The van der Waals surface area contributed by atoms with Crippen LogP contribution in [-0.2, 0) is 11.2 Å². The Morgan fingerprint density at radius 2 is 1.85 bits per heavy atom. The third-order valence-electron chi connectivity index (χ3n) is 6.22. The van der Waals surface area contributed by atoms with Gasteiger partial charge in [0.25, 0.3) is 0 Å². The maximum atomic E-state index is 12.5. The third-order valence-corrected chi connectivity index (χ3v) is 6.22. The molecular weight excluding hydrogens is 418 g/mol. The van der Waals surface area contributed by atoms with Crippen molar-refractivity contribution in [2.45, 2.75) is 19.3 Å². The summed E-state index contributed by atoms with van der Waals surface area (Å²) >= 11 is 0. The molecule has 0 unspecified atom stereocenters. The number of hydrogen-bond donors (Lipinski definition) is 1. The molecule has 5 rings (SSSR count). The number of fused-ring (bicyclic) bond motifs is 1. The number of amides is 1. The van der Waals surface area contributed by atoms with Gasteiger partial charge in [-0.25, -0.2) is 0 Å². The van der Waals surface area contributed by atoms with Gasteiger partial charge in [-0.1, -0.05) is 23.4 Å². The second kappa shape index (κ2) is 10.0. The lowest BCUT2D eigenvalue weighted by Crippen LogP contribution is -2.36. The molecule has 2 aromatic carbocycles. The predicted molar refractivity (Wildman–Crippen MR) is 127 cm³/mol. The van der Waals surface area contributed by atoms with E-state index >= 15 is 0 Å². The fraction of sp³-hybridized carbons (Fsp3) is 0.400. The number of ether oxygens (including phenoxy) is 1. The molecule has 0 saturated carbocycles. The van der Waals surface area contributed by atoms with Gasteiger partial charge in [0.15, 0.2) is 0 Å². The van der Waals surface area contributed by atoms with Gasteiger partial charge in [0.1, 0.15) is 0 Å². The summed E-state index contributed by atoms with van der Waals surface area (Å²) in [4.78, 5) is 21.4. The van der Waals surface area contributed by atoms with Crippen LogP contribution in [0.25, 0.3) is 11.4 Å². The second-order valence-electron chi connectivity index (χ2n) is 8.40. The van der Waals surface area contributed by atoms with Crippen molar-refractivity contribution in [1.82, 2.24) is 15.5 Å². The molecule has 2 aliphatic rings. The Balaban J connectivity index is 1.12. The van der Waals surface area contributed by atoms with Gasteiger partial charge < -0.3 is 24.4 Å². The molecule has 0 aliphatic carbocycles. The number of rotatable bonds is 7. The maximum absolute atomic E-state index is 12.5. The zero-order valence-electron chi connectivity index (χ0n) is 18.7. The second-order valence-corrected chi connectivity index (χ2v) is 8.40. The van der Waals surface area contributed by atoms with E-state index in [1.54, 1.807) is 0 Å². The molecule has 1 amide bonds. The van der Waals surface area contributed by atoms with E-state index in [1.807, 2.05) is 24.3 Å². The van der Waals surface area contributed by atoms with Crippen LogP contribution in [0.15, 0.2) is 53.1 Å². The molecule has 33 heavy (non-hydrogen) atoms. The number of aryl methyl sites for hydroxylation is 1. The van der Waals surface area contributed by atoms with Crippen LogP contribution in [0.4, 0.5) is 11.4 Å². The Hall–Kier alpha value is -3.39. The molecule has 172 valence electrons. The quantitative estimate of drug-likeness (QED) is 0.557. The van der Waals surface area contributed by atoms with Gasteiger partial charge in [-0.05, 0) is 55.2 Å². The van der Waals surface area contributed by atoms with Gasteiger partial charge >= 0.3 is 11.8 Å². The van der Waals surface area contributed by atoms with E-state index in [0.29, 0.717) is 12.4 Å². The van der Waals surface area contributed by atoms with Crippen molar-refractivity contribution in [2.24, 2.45) is 0 Å². The molecular formula is C25H29N5O3. The summed E-state index contributed by atoms with van der Waals surface area (Å²) in [7, 11) is 0. The van der Waals surface area contributed by atoms with Crippen molar-refractivity contribution >= 4 is 17.3 Å². The van der Waals surface area contributed by atoms with Crippen molar-refractivity contribution in [3.05, 3.63) is 60.0 Å². The van der Waals surface area contributed by atoms with Crippen LogP contribution < -0.4 is 15.1 Å². The van der Waals surface area contributed by atoms with Crippen molar-refractivity contribution in [3.8, 4) is 11.4 Å². The van der Waals surface area contributed by atoms with Crippen LogP contribution in [0.5, 0.6) is 0 Å². The Morgan fingerprint density at radius 1 is 1.03 bits per heavy atom. The number of morpholine rings is 1. The lowest BCUT2D eigenvalue weighted by atomic mass is 10.0. The molecule has 1 aromatic heterocycles. The highest BCUT2D eigenvalue weighted by Gasteiger charge is 2.18. The summed E-state index contributed by atoms with van der Waals surface area (Å²) in [5.74, 6) is 0.0712. The van der Waals surface area contributed by atoms with Crippen LogP contribution in [0.1, 0.15) is 29.1 Å². The minimum Gasteiger partial charge on any atom is -0.378 e. The fourth-order valence-electron chi connectivity index (χ4n) is 4.47. The highest BCUT2D eigenvalue weighted by molar-refractivity contribution is 5.89. The first-order valence-corrected chi connectivity index (χ1v) is 11.7. The Labute approximate surface area is 193 Å². The summed E-state index contributed by atoms with van der Waals surface area (Å²) < 4.78 is 10.6. The van der Waals surface area contributed by atoms with Crippen molar-refractivity contribution in [2.75, 3.05) is 55.7 Å². The standard InChI is InChI=1S/C25H29N5O3/c31-24(26-12-4-14-30-13-3-6-19-5-1-2-7-22(19)30)25-27-23(28-33-25)20-8-10-21(11-9-20)29-15-17-32-18-16-29/h1-2,5,7-11H,3-4,6,12-18H2,(H,26,31). The fourth-order valence-corrected chi connectivity index (χ4v) is 4.47. The molecule has 0 spiro atoms. The Morgan fingerprint density at radius 3 is 2.70 bits per heavy atom. The molecule has 0 bridgehead atoms. The summed E-state index contributed by atoms with van der Waals surface area (Å²) in [5, 5.41) is 6.89. The molecule has 8 heteroatoms. The smallest absolute Gasteiger partial charge is 0.316 e. The molecule has 1 saturated heterocycles. The number of benzene rings is 2. The van der Waals surface area contributed by atoms with Crippen LogP contribution in [0.3, 0.4) is 0 Å². The Bertz CT molecular complexity index is 1080. The number of hydrogen-bond acceptors (Lipinski definition) is 7. The largest absolute Gasteiger partial charge is 0.378 e. The van der Waals surface area contributed by atoms with Crippen LogP contribution in [0, 0.1) is 0 Å². The third kappa shape index (κ3) is 5.01. The van der Waals surface area contributed by atoms with Crippen LogP contribution in [-0.4, -0.2) is 62.0 Å². The Kier molecular flexibility index (Phi) is 6.53. The molecule has 8 nitrogen and oxygen atoms in total. The van der Waals surface area contributed by atoms with Gasteiger partial charge in [0.05, 0.1) is 13.2 Å². The van der Waals surface area contributed by atoms with Crippen molar-refractivity contribution in [1.29, 1.82) is 0 Å². The lowest BCUT2D eigenvalue weighted by Gasteiger charge is -2.31. The first-order chi connectivity index (χ1) is 16.3.